The Labute approximate surface area is 180 Å². The predicted molar refractivity (Wildman–Crippen MR) is 122 cm³/mol. The SMILES string of the molecule is CN=C(NCc1ccnc(OCc2ccccc2)c1)NCc1cccs1.I. The second kappa shape index (κ2) is 11.6. The fourth-order valence-corrected chi connectivity index (χ4v) is 3.01. The van der Waals surface area contributed by atoms with Gasteiger partial charge in [-0.15, -0.1) is 35.3 Å². The Kier molecular flexibility index (Phi) is 9.06. The molecule has 0 atom stereocenters. The molecule has 0 fully saturated rings. The molecule has 7 heteroatoms. The molecule has 0 saturated heterocycles. The zero-order chi connectivity index (χ0) is 18.0. The quantitative estimate of drug-likeness (QED) is 0.294. The third-order valence-electron chi connectivity index (χ3n) is 3.72. The van der Waals surface area contributed by atoms with Crippen molar-refractivity contribution in [1.82, 2.24) is 15.6 Å². The van der Waals surface area contributed by atoms with E-state index in [0.717, 1.165) is 23.6 Å². The summed E-state index contributed by atoms with van der Waals surface area (Å²) in [6.07, 6.45) is 1.76. The first-order valence-corrected chi connectivity index (χ1v) is 9.30. The number of pyridine rings is 1. The first kappa shape index (κ1) is 21.2. The Morgan fingerprint density at radius 3 is 2.59 bits per heavy atom. The number of guanidine groups is 1. The molecule has 142 valence electrons. The zero-order valence-corrected chi connectivity index (χ0v) is 18.2. The average Bonchev–Trinajstić information content (AvgIpc) is 3.21. The van der Waals surface area contributed by atoms with E-state index in [0.29, 0.717) is 19.0 Å². The van der Waals surface area contributed by atoms with E-state index < -0.39 is 0 Å². The topological polar surface area (TPSA) is 58.5 Å². The van der Waals surface area contributed by atoms with Crippen LogP contribution in [0.4, 0.5) is 0 Å². The van der Waals surface area contributed by atoms with Gasteiger partial charge in [0.25, 0.3) is 0 Å². The van der Waals surface area contributed by atoms with Crippen LogP contribution in [0.3, 0.4) is 0 Å². The summed E-state index contributed by atoms with van der Waals surface area (Å²) in [7, 11) is 1.77. The van der Waals surface area contributed by atoms with Gasteiger partial charge in [-0.25, -0.2) is 4.98 Å². The van der Waals surface area contributed by atoms with E-state index in [1.807, 2.05) is 48.5 Å². The fourth-order valence-electron chi connectivity index (χ4n) is 2.36. The molecule has 2 aromatic heterocycles. The van der Waals surface area contributed by atoms with Gasteiger partial charge in [-0.3, -0.25) is 4.99 Å². The lowest BCUT2D eigenvalue weighted by Crippen LogP contribution is -2.36. The molecule has 2 heterocycles. The van der Waals surface area contributed by atoms with Gasteiger partial charge in [0.1, 0.15) is 6.61 Å². The van der Waals surface area contributed by atoms with Crippen molar-refractivity contribution >= 4 is 41.3 Å². The van der Waals surface area contributed by atoms with Crippen LogP contribution in [-0.4, -0.2) is 18.0 Å². The Morgan fingerprint density at radius 2 is 1.85 bits per heavy atom. The summed E-state index contributed by atoms with van der Waals surface area (Å²) in [4.78, 5) is 9.80. The van der Waals surface area contributed by atoms with Gasteiger partial charge in [0, 0.05) is 30.7 Å². The molecule has 0 amide bonds. The lowest BCUT2D eigenvalue weighted by atomic mass is 10.2. The first-order chi connectivity index (χ1) is 12.8. The fraction of sp³-hybridized carbons (Fsp3) is 0.200. The highest BCUT2D eigenvalue weighted by Crippen LogP contribution is 2.12. The van der Waals surface area contributed by atoms with E-state index in [4.69, 9.17) is 4.74 Å². The Hall–Kier alpha value is -2.13. The number of benzene rings is 1. The summed E-state index contributed by atoms with van der Waals surface area (Å²) in [5.74, 6) is 1.39. The summed E-state index contributed by atoms with van der Waals surface area (Å²) < 4.78 is 5.78. The van der Waals surface area contributed by atoms with Crippen LogP contribution in [0.1, 0.15) is 16.0 Å². The number of hydrogen-bond donors (Lipinski definition) is 2. The van der Waals surface area contributed by atoms with Gasteiger partial charge in [-0.1, -0.05) is 36.4 Å². The van der Waals surface area contributed by atoms with Crippen LogP contribution < -0.4 is 15.4 Å². The van der Waals surface area contributed by atoms with Crippen molar-refractivity contribution in [3.8, 4) is 5.88 Å². The van der Waals surface area contributed by atoms with Crippen molar-refractivity contribution in [2.24, 2.45) is 4.99 Å². The number of nitrogens with one attached hydrogen (secondary N) is 2. The smallest absolute Gasteiger partial charge is 0.213 e. The molecule has 0 aliphatic heterocycles. The van der Waals surface area contributed by atoms with Crippen molar-refractivity contribution in [3.05, 3.63) is 82.2 Å². The van der Waals surface area contributed by atoms with Crippen molar-refractivity contribution in [2.45, 2.75) is 19.7 Å². The minimum atomic E-state index is 0. The molecular weight excluding hydrogens is 471 g/mol. The van der Waals surface area contributed by atoms with Crippen molar-refractivity contribution in [1.29, 1.82) is 0 Å². The number of thiophene rings is 1. The predicted octanol–water partition coefficient (Wildman–Crippen LogP) is 4.21. The molecule has 1 aromatic carbocycles. The van der Waals surface area contributed by atoms with Crippen LogP contribution in [-0.2, 0) is 19.7 Å². The maximum absolute atomic E-state index is 5.78. The average molecular weight is 494 g/mol. The van der Waals surface area contributed by atoms with Crippen LogP contribution >= 0.6 is 35.3 Å². The molecule has 0 saturated carbocycles. The standard InChI is InChI=1S/C20H22N4OS.HI/c1-21-20(24-14-18-8-5-11-26-18)23-13-17-9-10-22-19(12-17)25-15-16-6-3-2-4-7-16;/h2-12H,13-15H2,1H3,(H2,21,23,24);1H. The van der Waals surface area contributed by atoms with Gasteiger partial charge in [0.05, 0.1) is 6.54 Å². The van der Waals surface area contributed by atoms with Gasteiger partial charge in [-0.05, 0) is 28.6 Å². The molecule has 3 rings (SSSR count). The van der Waals surface area contributed by atoms with Gasteiger partial charge < -0.3 is 15.4 Å². The lowest BCUT2D eigenvalue weighted by Gasteiger charge is -2.12. The van der Waals surface area contributed by atoms with E-state index in [9.17, 15) is 0 Å². The zero-order valence-electron chi connectivity index (χ0n) is 15.1. The number of rotatable bonds is 7. The second-order valence-corrected chi connectivity index (χ2v) is 6.67. The second-order valence-electron chi connectivity index (χ2n) is 5.64. The van der Waals surface area contributed by atoms with Crippen LogP contribution in [0, 0.1) is 0 Å². The van der Waals surface area contributed by atoms with Crippen molar-refractivity contribution in [3.63, 3.8) is 0 Å². The largest absolute Gasteiger partial charge is 0.473 e. The molecule has 0 aliphatic carbocycles. The van der Waals surface area contributed by atoms with E-state index in [-0.39, 0.29) is 24.0 Å². The molecule has 0 bridgehead atoms. The van der Waals surface area contributed by atoms with E-state index in [2.05, 4.69) is 32.1 Å². The normalized spacial score (nSPS) is 10.8. The Bertz CT molecular complexity index is 825. The van der Waals surface area contributed by atoms with Crippen LogP contribution in [0.15, 0.2) is 71.2 Å². The summed E-state index contributed by atoms with van der Waals surface area (Å²) in [5.41, 5.74) is 2.21. The van der Waals surface area contributed by atoms with E-state index in [1.54, 1.807) is 24.6 Å². The number of aliphatic imine (C=N–C) groups is 1. The first-order valence-electron chi connectivity index (χ1n) is 8.42. The minimum Gasteiger partial charge on any atom is -0.473 e. The van der Waals surface area contributed by atoms with Crippen molar-refractivity contribution < 1.29 is 4.74 Å². The molecule has 0 unspecified atom stereocenters. The number of hydrogen-bond acceptors (Lipinski definition) is 4. The Morgan fingerprint density at radius 1 is 1.04 bits per heavy atom. The minimum absolute atomic E-state index is 0. The molecule has 3 aromatic rings. The van der Waals surface area contributed by atoms with Crippen molar-refractivity contribution in [2.75, 3.05) is 7.05 Å². The number of aromatic nitrogens is 1. The summed E-state index contributed by atoms with van der Waals surface area (Å²) in [6, 6.07) is 18.1. The number of ether oxygens (including phenoxy) is 1. The Balaban J connectivity index is 0.00000261. The highest BCUT2D eigenvalue weighted by molar-refractivity contribution is 14.0. The van der Waals surface area contributed by atoms with Gasteiger partial charge >= 0.3 is 0 Å². The van der Waals surface area contributed by atoms with E-state index >= 15 is 0 Å². The van der Waals surface area contributed by atoms with Crippen LogP contribution in [0.5, 0.6) is 5.88 Å². The molecule has 27 heavy (non-hydrogen) atoms. The van der Waals surface area contributed by atoms with Gasteiger partial charge in [-0.2, -0.15) is 0 Å². The lowest BCUT2D eigenvalue weighted by molar-refractivity contribution is 0.293. The summed E-state index contributed by atoms with van der Waals surface area (Å²) >= 11 is 1.73. The molecular formula is C20H23IN4OS. The van der Waals surface area contributed by atoms with E-state index in [1.165, 1.54) is 4.88 Å². The highest BCUT2D eigenvalue weighted by atomic mass is 127. The van der Waals surface area contributed by atoms with Crippen LogP contribution in [0.2, 0.25) is 0 Å². The van der Waals surface area contributed by atoms with Gasteiger partial charge in [0.15, 0.2) is 5.96 Å². The molecule has 0 aliphatic rings. The monoisotopic (exact) mass is 494 g/mol. The third-order valence-corrected chi connectivity index (χ3v) is 4.60. The van der Waals surface area contributed by atoms with Gasteiger partial charge in [0.2, 0.25) is 5.88 Å². The number of halogens is 1. The summed E-state index contributed by atoms with van der Waals surface area (Å²) in [6.45, 7) is 1.92. The third kappa shape index (κ3) is 7.18. The maximum Gasteiger partial charge on any atom is 0.213 e. The van der Waals surface area contributed by atoms with Crippen LogP contribution in [0.25, 0.3) is 0 Å². The molecule has 0 radical (unpaired) electrons. The summed E-state index contributed by atoms with van der Waals surface area (Å²) in [5, 5.41) is 8.69. The molecule has 0 spiro atoms. The highest BCUT2D eigenvalue weighted by Gasteiger charge is 2.02. The molecule has 2 N–H and O–H groups in total. The number of nitrogens with zero attached hydrogens (tertiary/aromatic N) is 2. The molecule has 5 nitrogen and oxygen atoms in total. The maximum atomic E-state index is 5.78.